The number of para-hydroxylation sites is 1. The van der Waals surface area contributed by atoms with E-state index in [2.05, 4.69) is 21.2 Å². The largest absolute Gasteiger partial charge is 0.376 e. The number of benzene rings is 2. The van der Waals surface area contributed by atoms with E-state index in [9.17, 15) is 4.79 Å². The molecule has 4 rings (SSSR count). The summed E-state index contributed by atoms with van der Waals surface area (Å²) in [6.45, 7) is 1.40. The quantitative estimate of drug-likeness (QED) is 0.859. The van der Waals surface area contributed by atoms with E-state index < -0.39 is 0 Å². The van der Waals surface area contributed by atoms with Crippen molar-refractivity contribution >= 4 is 27.5 Å². The van der Waals surface area contributed by atoms with E-state index in [1.165, 1.54) is 0 Å². The first-order chi connectivity index (χ1) is 11.7. The van der Waals surface area contributed by atoms with Crippen molar-refractivity contribution in [3.63, 3.8) is 0 Å². The number of nitrogens with zero attached hydrogens (tertiary/aromatic N) is 1. The molecule has 0 aromatic heterocycles. The Labute approximate surface area is 149 Å². The van der Waals surface area contributed by atoms with Gasteiger partial charge in [0, 0.05) is 23.3 Å². The Balaban J connectivity index is 1.70. The molecule has 1 fully saturated rings. The van der Waals surface area contributed by atoms with Crippen molar-refractivity contribution in [3.8, 4) is 0 Å². The van der Waals surface area contributed by atoms with Crippen LogP contribution in [0.25, 0.3) is 0 Å². The van der Waals surface area contributed by atoms with Gasteiger partial charge in [0.25, 0.3) is 5.91 Å². The maximum absolute atomic E-state index is 13.1. The van der Waals surface area contributed by atoms with Crippen LogP contribution in [0.5, 0.6) is 0 Å². The Morgan fingerprint density at radius 2 is 1.96 bits per heavy atom. The van der Waals surface area contributed by atoms with Gasteiger partial charge in [-0.3, -0.25) is 4.79 Å². The Morgan fingerprint density at radius 3 is 2.71 bits per heavy atom. The average molecular weight is 387 g/mol. The first-order valence-electron chi connectivity index (χ1n) is 8.26. The third kappa shape index (κ3) is 2.94. The van der Waals surface area contributed by atoms with Gasteiger partial charge in [0.2, 0.25) is 0 Å². The molecule has 24 heavy (non-hydrogen) atoms. The van der Waals surface area contributed by atoms with Gasteiger partial charge in [0.05, 0.1) is 11.7 Å². The van der Waals surface area contributed by atoms with Crippen molar-refractivity contribution < 1.29 is 9.53 Å². The van der Waals surface area contributed by atoms with Crippen LogP contribution in [0.2, 0.25) is 0 Å². The van der Waals surface area contributed by atoms with Gasteiger partial charge < -0.3 is 15.0 Å². The number of ether oxygens (including phenoxy) is 1. The zero-order valence-corrected chi connectivity index (χ0v) is 14.8. The van der Waals surface area contributed by atoms with Crippen LogP contribution in [0.1, 0.15) is 34.9 Å². The van der Waals surface area contributed by atoms with Crippen LogP contribution in [0.3, 0.4) is 0 Å². The van der Waals surface area contributed by atoms with Crippen molar-refractivity contribution in [1.29, 1.82) is 0 Å². The van der Waals surface area contributed by atoms with Gasteiger partial charge in [-0.25, -0.2) is 0 Å². The summed E-state index contributed by atoms with van der Waals surface area (Å²) in [5.74, 6) is 0.0627. The predicted octanol–water partition coefficient (Wildman–Crippen LogP) is 4.19. The van der Waals surface area contributed by atoms with E-state index in [-0.39, 0.29) is 18.2 Å². The number of hydrogen-bond donors (Lipinski definition) is 1. The summed E-state index contributed by atoms with van der Waals surface area (Å²) < 4.78 is 6.79. The molecule has 0 radical (unpaired) electrons. The van der Waals surface area contributed by atoms with Crippen LogP contribution >= 0.6 is 15.9 Å². The number of carbonyl (C=O) groups is 1. The molecule has 0 spiro atoms. The van der Waals surface area contributed by atoms with Crippen molar-refractivity contribution in [2.45, 2.75) is 25.1 Å². The van der Waals surface area contributed by atoms with E-state index in [4.69, 9.17) is 4.74 Å². The fourth-order valence-electron chi connectivity index (χ4n) is 3.40. The molecule has 1 saturated heterocycles. The third-order valence-electron chi connectivity index (χ3n) is 4.63. The highest BCUT2D eigenvalue weighted by molar-refractivity contribution is 9.10. The van der Waals surface area contributed by atoms with Crippen LogP contribution in [-0.2, 0) is 4.74 Å². The van der Waals surface area contributed by atoms with Gasteiger partial charge in [0.1, 0.15) is 6.17 Å². The minimum absolute atomic E-state index is 0.0627. The predicted molar refractivity (Wildman–Crippen MR) is 97.0 cm³/mol. The minimum atomic E-state index is -0.176. The molecule has 2 aromatic carbocycles. The van der Waals surface area contributed by atoms with E-state index in [1.807, 2.05) is 53.4 Å². The average Bonchev–Trinajstić information content (AvgIpc) is 3.11. The Bertz CT molecular complexity index is 741. The number of amides is 1. The molecule has 2 aromatic rings. The fraction of sp³-hybridized carbons (Fsp3) is 0.316. The normalized spacial score (nSPS) is 23.0. The lowest BCUT2D eigenvalue weighted by Crippen LogP contribution is -2.46. The van der Waals surface area contributed by atoms with Gasteiger partial charge in [-0.1, -0.05) is 40.2 Å². The molecule has 2 aliphatic heterocycles. The maximum Gasteiger partial charge on any atom is 0.257 e. The van der Waals surface area contributed by atoms with Crippen molar-refractivity contribution in [3.05, 3.63) is 64.1 Å². The van der Waals surface area contributed by atoms with Crippen LogP contribution in [0.15, 0.2) is 53.0 Å². The van der Waals surface area contributed by atoms with Gasteiger partial charge in [-0.2, -0.15) is 0 Å². The maximum atomic E-state index is 13.1. The molecule has 0 saturated carbocycles. The second-order valence-corrected chi connectivity index (χ2v) is 7.15. The number of halogens is 1. The van der Waals surface area contributed by atoms with Crippen molar-refractivity contribution in [2.24, 2.45) is 0 Å². The molecule has 0 aliphatic carbocycles. The first-order valence-corrected chi connectivity index (χ1v) is 9.05. The van der Waals surface area contributed by atoms with E-state index in [0.29, 0.717) is 6.54 Å². The fourth-order valence-corrected chi connectivity index (χ4v) is 3.66. The van der Waals surface area contributed by atoms with Crippen LogP contribution in [0, 0.1) is 0 Å². The monoisotopic (exact) mass is 386 g/mol. The molecule has 2 aliphatic rings. The van der Waals surface area contributed by atoms with E-state index in [0.717, 1.165) is 40.7 Å². The third-order valence-corrected chi connectivity index (χ3v) is 5.16. The lowest BCUT2D eigenvalue weighted by molar-refractivity contribution is 0.0427. The van der Waals surface area contributed by atoms with Gasteiger partial charge >= 0.3 is 0 Å². The molecule has 124 valence electrons. The standard InChI is InChI=1S/C19H19BrN2O2/c20-14-9-7-13(8-10-14)18-21-17-6-2-1-5-16(17)19(23)22(18)12-15-4-3-11-24-15/h1-2,5-10,15,18,21H,3-4,11-12H2/t15-,18+/m1/s1. The molecule has 4 nitrogen and oxygen atoms in total. The SMILES string of the molecule is O=C1c2ccccc2N[C@H](c2ccc(Br)cc2)N1C[C@H]1CCCO1. The number of hydrogen-bond acceptors (Lipinski definition) is 3. The van der Waals surface area contributed by atoms with E-state index in [1.54, 1.807) is 0 Å². The molecule has 1 amide bonds. The van der Waals surface area contributed by atoms with Gasteiger partial charge in [-0.15, -0.1) is 0 Å². The Morgan fingerprint density at radius 1 is 1.17 bits per heavy atom. The highest BCUT2D eigenvalue weighted by atomic mass is 79.9. The lowest BCUT2D eigenvalue weighted by atomic mass is 10.0. The van der Waals surface area contributed by atoms with Crippen LogP contribution < -0.4 is 5.32 Å². The summed E-state index contributed by atoms with van der Waals surface area (Å²) in [4.78, 5) is 15.0. The molecular formula is C19H19BrN2O2. The molecule has 0 unspecified atom stereocenters. The lowest BCUT2D eigenvalue weighted by Gasteiger charge is -2.39. The van der Waals surface area contributed by atoms with Crippen molar-refractivity contribution in [1.82, 2.24) is 4.90 Å². The first kappa shape index (κ1) is 15.7. The second kappa shape index (κ2) is 6.57. The van der Waals surface area contributed by atoms with E-state index >= 15 is 0 Å². The zero-order chi connectivity index (χ0) is 16.5. The van der Waals surface area contributed by atoms with Crippen LogP contribution in [-0.4, -0.2) is 30.1 Å². The van der Waals surface area contributed by atoms with Crippen molar-refractivity contribution in [2.75, 3.05) is 18.5 Å². The summed E-state index contributed by atoms with van der Waals surface area (Å²) in [6, 6.07) is 15.8. The number of anilines is 1. The van der Waals surface area contributed by atoms with Crippen LogP contribution in [0.4, 0.5) is 5.69 Å². The molecule has 5 heteroatoms. The molecule has 2 atom stereocenters. The van der Waals surface area contributed by atoms with Gasteiger partial charge in [0.15, 0.2) is 0 Å². The molecule has 0 bridgehead atoms. The zero-order valence-electron chi connectivity index (χ0n) is 13.2. The summed E-state index contributed by atoms with van der Waals surface area (Å²) in [5.41, 5.74) is 2.68. The molecule has 2 heterocycles. The number of nitrogens with one attached hydrogen (secondary N) is 1. The summed E-state index contributed by atoms with van der Waals surface area (Å²) in [5, 5.41) is 3.52. The van der Waals surface area contributed by atoms with Gasteiger partial charge in [-0.05, 0) is 42.7 Å². The molecular weight excluding hydrogens is 368 g/mol. The smallest absolute Gasteiger partial charge is 0.257 e. The highest BCUT2D eigenvalue weighted by Gasteiger charge is 2.35. The minimum Gasteiger partial charge on any atom is -0.376 e. The highest BCUT2D eigenvalue weighted by Crippen LogP contribution is 2.34. The topological polar surface area (TPSA) is 41.6 Å². The number of carbonyl (C=O) groups excluding carboxylic acids is 1. The summed E-state index contributed by atoms with van der Waals surface area (Å²) >= 11 is 3.47. The second-order valence-electron chi connectivity index (χ2n) is 6.24. The Hall–Kier alpha value is -1.85. The Kier molecular flexibility index (Phi) is 4.29. The summed E-state index contributed by atoms with van der Waals surface area (Å²) in [7, 11) is 0. The number of fused-ring (bicyclic) bond motifs is 1. The molecule has 1 N–H and O–H groups in total. The number of rotatable bonds is 3. The summed E-state index contributed by atoms with van der Waals surface area (Å²) in [6.07, 6.45) is 2.03.